The molecule has 1 aromatic carbocycles. The molecule has 1 unspecified atom stereocenters. The van der Waals surface area contributed by atoms with Crippen LogP contribution in [0.5, 0.6) is 0 Å². The normalized spacial score (nSPS) is 19.7. The average Bonchev–Trinajstić information content (AvgIpc) is 2.54. The quantitative estimate of drug-likeness (QED) is 0.753. The number of alkyl halides is 2. The van der Waals surface area contributed by atoms with E-state index < -0.39 is 42.3 Å². The van der Waals surface area contributed by atoms with E-state index in [1.807, 2.05) is 30.3 Å². The molecule has 0 spiro atoms. The molecule has 26 heavy (non-hydrogen) atoms. The van der Waals surface area contributed by atoms with E-state index in [9.17, 15) is 18.4 Å². The number of likely N-dealkylation sites (tertiary alicyclic amines) is 1. The molecule has 1 atom stereocenters. The van der Waals surface area contributed by atoms with Crippen molar-refractivity contribution in [3.05, 3.63) is 35.9 Å². The van der Waals surface area contributed by atoms with E-state index in [1.165, 1.54) is 4.90 Å². The van der Waals surface area contributed by atoms with Crippen LogP contribution in [0.15, 0.2) is 30.3 Å². The molecule has 1 aromatic rings. The molecule has 1 amide bonds. The van der Waals surface area contributed by atoms with Crippen LogP contribution in [0.3, 0.4) is 0 Å². The Morgan fingerprint density at radius 2 is 1.88 bits per heavy atom. The van der Waals surface area contributed by atoms with Gasteiger partial charge in [0.25, 0.3) is 5.92 Å². The number of rotatable bonds is 4. The summed E-state index contributed by atoms with van der Waals surface area (Å²) in [6.07, 6.45) is -1.59. The second kappa shape index (κ2) is 8.01. The summed E-state index contributed by atoms with van der Waals surface area (Å²) in [5.41, 5.74) is 0.0727. The summed E-state index contributed by atoms with van der Waals surface area (Å²) in [6, 6.07) is 9.11. The van der Waals surface area contributed by atoms with Gasteiger partial charge < -0.3 is 14.4 Å². The second-order valence-electron chi connectivity index (χ2n) is 7.48. The van der Waals surface area contributed by atoms with Gasteiger partial charge in [0.15, 0.2) is 0 Å². The van der Waals surface area contributed by atoms with Crippen LogP contribution >= 0.6 is 0 Å². The minimum Gasteiger partial charge on any atom is -0.460 e. The van der Waals surface area contributed by atoms with Gasteiger partial charge in [0, 0.05) is 19.5 Å². The fourth-order valence-corrected chi connectivity index (χ4v) is 2.75. The molecule has 0 aromatic heterocycles. The molecule has 0 aliphatic carbocycles. The van der Waals surface area contributed by atoms with Crippen LogP contribution in [0.4, 0.5) is 13.6 Å². The Kier molecular flexibility index (Phi) is 6.21. The molecule has 0 radical (unpaired) electrons. The number of hydrogen-bond donors (Lipinski definition) is 0. The van der Waals surface area contributed by atoms with Gasteiger partial charge in [-0.3, -0.25) is 4.79 Å². The topological polar surface area (TPSA) is 55.8 Å². The third kappa shape index (κ3) is 5.97. The third-order valence-electron chi connectivity index (χ3n) is 4.05. The van der Waals surface area contributed by atoms with Gasteiger partial charge in [-0.1, -0.05) is 30.3 Å². The highest BCUT2D eigenvalue weighted by Gasteiger charge is 2.46. The fourth-order valence-electron chi connectivity index (χ4n) is 2.75. The fraction of sp³-hybridized carbons (Fsp3) is 0.579. The molecule has 144 valence electrons. The Hall–Kier alpha value is -2.18. The molecule has 1 aliphatic rings. The van der Waals surface area contributed by atoms with Crippen molar-refractivity contribution >= 4 is 12.1 Å². The summed E-state index contributed by atoms with van der Waals surface area (Å²) in [5.74, 6) is -5.00. The second-order valence-corrected chi connectivity index (χ2v) is 7.48. The molecular formula is C19H25F2NO4. The molecule has 0 saturated carbocycles. The maximum absolute atomic E-state index is 14.2. The highest BCUT2D eigenvalue weighted by molar-refractivity contribution is 5.71. The zero-order valence-corrected chi connectivity index (χ0v) is 15.3. The van der Waals surface area contributed by atoms with E-state index in [1.54, 1.807) is 20.8 Å². The summed E-state index contributed by atoms with van der Waals surface area (Å²) in [6.45, 7) is 4.76. The Morgan fingerprint density at radius 1 is 1.23 bits per heavy atom. The van der Waals surface area contributed by atoms with Crippen molar-refractivity contribution in [1.82, 2.24) is 4.90 Å². The van der Waals surface area contributed by atoms with Crippen molar-refractivity contribution in [1.29, 1.82) is 0 Å². The Morgan fingerprint density at radius 3 is 2.50 bits per heavy atom. The SMILES string of the molecule is CC(C)(C)OC(=O)CC1CN(C(=O)OCc2ccccc2)CCC1(F)F. The van der Waals surface area contributed by atoms with Crippen LogP contribution in [0.2, 0.25) is 0 Å². The van der Waals surface area contributed by atoms with Gasteiger partial charge in [-0.15, -0.1) is 0 Å². The summed E-state index contributed by atoms with van der Waals surface area (Å²) in [5, 5.41) is 0. The standard InChI is InChI=1S/C19H25F2NO4/c1-18(2,3)26-16(23)11-15-12-22(10-9-19(15,20)21)17(24)25-13-14-7-5-4-6-8-14/h4-8,15H,9-13H2,1-3H3. The highest BCUT2D eigenvalue weighted by atomic mass is 19.3. The number of piperidine rings is 1. The van der Waals surface area contributed by atoms with E-state index in [-0.39, 0.29) is 19.7 Å². The van der Waals surface area contributed by atoms with Gasteiger partial charge in [0.2, 0.25) is 0 Å². The number of esters is 1. The van der Waals surface area contributed by atoms with Crippen molar-refractivity contribution in [3.8, 4) is 0 Å². The van der Waals surface area contributed by atoms with Gasteiger partial charge in [-0.2, -0.15) is 0 Å². The number of hydrogen-bond acceptors (Lipinski definition) is 4. The van der Waals surface area contributed by atoms with Gasteiger partial charge in [-0.25, -0.2) is 13.6 Å². The number of carbonyl (C=O) groups is 2. The summed E-state index contributed by atoms with van der Waals surface area (Å²) in [7, 11) is 0. The number of benzene rings is 1. The maximum atomic E-state index is 14.2. The largest absolute Gasteiger partial charge is 0.460 e. The van der Waals surface area contributed by atoms with Crippen LogP contribution < -0.4 is 0 Å². The first-order valence-electron chi connectivity index (χ1n) is 8.62. The Bertz CT molecular complexity index is 628. The van der Waals surface area contributed by atoms with Crippen LogP contribution in [0.1, 0.15) is 39.2 Å². The first-order chi connectivity index (χ1) is 12.1. The van der Waals surface area contributed by atoms with Gasteiger partial charge in [0.1, 0.15) is 12.2 Å². The van der Waals surface area contributed by atoms with E-state index in [2.05, 4.69) is 0 Å². The van der Waals surface area contributed by atoms with Crippen LogP contribution in [-0.2, 0) is 20.9 Å². The lowest BCUT2D eigenvalue weighted by Gasteiger charge is -2.37. The Balaban J connectivity index is 1.93. The van der Waals surface area contributed by atoms with Crippen molar-refractivity contribution in [2.24, 2.45) is 5.92 Å². The lowest BCUT2D eigenvalue weighted by atomic mass is 9.90. The molecule has 0 N–H and O–H groups in total. The minimum absolute atomic E-state index is 0.0727. The monoisotopic (exact) mass is 369 g/mol. The number of amides is 1. The molecule has 7 heteroatoms. The lowest BCUT2D eigenvalue weighted by Crippen LogP contribution is -2.50. The predicted molar refractivity (Wildman–Crippen MR) is 91.7 cm³/mol. The first-order valence-corrected chi connectivity index (χ1v) is 8.62. The van der Waals surface area contributed by atoms with Gasteiger partial charge in [0.05, 0.1) is 12.3 Å². The first kappa shape index (κ1) is 20.1. The predicted octanol–water partition coefficient (Wildman–Crippen LogP) is 4.01. The van der Waals surface area contributed by atoms with E-state index in [0.29, 0.717) is 0 Å². The molecule has 1 saturated heterocycles. The molecule has 1 heterocycles. The summed E-state index contributed by atoms with van der Waals surface area (Å²) >= 11 is 0. The van der Waals surface area contributed by atoms with E-state index in [0.717, 1.165) is 5.56 Å². The van der Waals surface area contributed by atoms with Crippen molar-refractivity contribution < 1.29 is 27.8 Å². The number of ether oxygens (including phenoxy) is 2. The molecule has 5 nitrogen and oxygen atoms in total. The number of carbonyl (C=O) groups excluding carboxylic acids is 2. The van der Waals surface area contributed by atoms with Crippen LogP contribution in [0, 0.1) is 5.92 Å². The zero-order valence-electron chi connectivity index (χ0n) is 15.3. The third-order valence-corrected chi connectivity index (χ3v) is 4.05. The maximum Gasteiger partial charge on any atom is 0.410 e. The smallest absolute Gasteiger partial charge is 0.410 e. The van der Waals surface area contributed by atoms with Gasteiger partial charge in [-0.05, 0) is 26.3 Å². The highest BCUT2D eigenvalue weighted by Crippen LogP contribution is 2.36. The average molecular weight is 369 g/mol. The van der Waals surface area contributed by atoms with Gasteiger partial charge >= 0.3 is 12.1 Å². The van der Waals surface area contributed by atoms with Crippen LogP contribution in [-0.4, -0.2) is 41.6 Å². The number of nitrogens with zero attached hydrogens (tertiary/aromatic N) is 1. The molecule has 0 bridgehead atoms. The van der Waals surface area contributed by atoms with Crippen LogP contribution in [0.25, 0.3) is 0 Å². The van der Waals surface area contributed by atoms with E-state index >= 15 is 0 Å². The van der Waals surface area contributed by atoms with Crippen molar-refractivity contribution in [2.75, 3.05) is 13.1 Å². The van der Waals surface area contributed by atoms with E-state index in [4.69, 9.17) is 9.47 Å². The summed E-state index contributed by atoms with van der Waals surface area (Å²) in [4.78, 5) is 25.3. The lowest BCUT2D eigenvalue weighted by molar-refractivity contribution is -0.164. The Labute approximate surface area is 152 Å². The van der Waals surface area contributed by atoms with Crippen molar-refractivity contribution in [3.63, 3.8) is 0 Å². The molecule has 1 fully saturated rings. The molecule has 2 rings (SSSR count). The molecule has 1 aliphatic heterocycles. The minimum atomic E-state index is -3.02. The number of halogens is 2. The summed E-state index contributed by atoms with van der Waals surface area (Å²) < 4.78 is 38.6. The zero-order chi connectivity index (χ0) is 19.4. The molecular weight excluding hydrogens is 344 g/mol. The van der Waals surface area contributed by atoms with Crippen molar-refractivity contribution in [2.45, 2.75) is 51.7 Å².